The third-order valence-electron chi connectivity index (χ3n) is 6.86. The number of benzene rings is 3. The third kappa shape index (κ3) is 6.13. The molecule has 216 valence electrons. The average Bonchev–Trinajstić information content (AvgIpc) is 3.56. The maximum atomic E-state index is 13.5. The van der Waals surface area contributed by atoms with Gasteiger partial charge in [-0.05, 0) is 54.5 Å². The summed E-state index contributed by atoms with van der Waals surface area (Å²) in [6, 6.07) is 22.0. The first-order valence-electron chi connectivity index (χ1n) is 13.2. The molecule has 42 heavy (non-hydrogen) atoms. The van der Waals surface area contributed by atoms with Crippen LogP contribution in [-0.2, 0) is 21.1 Å². The van der Waals surface area contributed by atoms with Crippen molar-refractivity contribution < 1.29 is 22.7 Å². The fraction of sp³-hybridized carbons (Fsp3) is 0.194. The van der Waals surface area contributed by atoms with Crippen molar-refractivity contribution in [2.45, 2.75) is 18.2 Å². The zero-order valence-electron chi connectivity index (χ0n) is 23.3. The predicted molar refractivity (Wildman–Crippen MR) is 170 cm³/mol. The predicted octanol–water partition coefficient (Wildman–Crippen LogP) is 5.79. The van der Waals surface area contributed by atoms with Crippen LogP contribution in [0, 0.1) is 0 Å². The zero-order chi connectivity index (χ0) is 29.9. The molecule has 0 radical (unpaired) electrons. The first-order chi connectivity index (χ1) is 20.2. The highest BCUT2D eigenvalue weighted by atomic mass is 32.2. The van der Waals surface area contributed by atoms with Gasteiger partial charge in [0.2, 0.25) is 0 Å². The molecule has 11 heteroatoms. The van der Waals surface area contributed by atoms with Gasteiger partial charge in [0.15, 0.2) is 21.3 Å². The average molecular weight is 620 g/mol. The van der Waals surface area contributed by atoms with Crippen molar-refractivity contribution >= 4 is 50.1 Å². The number of aromatic nitrogens is 2. The third-order valence-corrected chi connectivity index (χ3v) is 9.99. The molecular formula is C31H29N3O5S3. The Labute approximate surface area is 254 Å². The van der Waals surface area contributed by atoms with Gasteiger partial charge in [0.25, 0.3) is 5.91 Å². The van der Waals surface area contributed by atoms with Gasteiger partial charge in [-0.25, -0.2) is 13.1 Å². The van der Waals surface area contributed by atoms with Crippen molar-refractivity contribution in [1.82, 2.24) is 14.7 Å². The van der Waals surface area contributed by atoms with E-state index in [1.54, 1.807) is 61.1 Å². The largest absolute Gasteiger partial charge is 0.493 e. The molecule has 1 aliphatic heterocycles. The Bertz CT molecular complexity index is 1770. The first kappa shape index (κ1) is 29.6. The normalized spacial score (nSPS) is 14.5. The van der Waals surface area contributed by atoms with Gasteiger partial charge in [-0.15, -0.1) is 0 Å². The van der Waals surface area contributed by atoms with Crippen LogP contribution in [0.1, 0.15) is 18.1 Å². The van der Waals surface area contributed by atoms with E-state index >= 15 is 0 Å². The number of rotatable bonds is 10. The summed E-state index contributed by atoms with van der Waals surface area (Å²) in [6.07, 6.45) is 4.25. The standard InChI is InChI=1S/C31H29N3O5S3/c1-4-42(36,37)25-13-11-22(12-14-25)29-23(20-34(32-29)24-8-6-5-7-9-24)19-28-30(35)33(31(40)41-28)17-16-21-10-15-26(38-2)27(18-21)39-3/h5-15,18-20H,4,16-17H2,1-3H3/b28-19-. The Morgan fingerprint density at radius 1 is 0.976 bits per heavy atom. The van der Waals surface area contributed by atoms with Gasteiger partial charge in [-0.2, -0.15) is 5.10 Å². The highest BCUT2D eigenvalue weighted by Gasteiger charge is 2.32. The van der Waals surface area contributed by atoms with Gasteiger partial charge in [0.1, 0.15) is 4.32 Å². The second-order valence-electron chi connectivity index (χ2n) is 9.41. The molecule has 0 saturated carbocycles. The van der Waals surface area contributed by atoms with Gasteiger partial charge < -0.3 is 9.47 Å². The second-order valence-corrected chi connectivity index (χ2v) is 13.4. The van der Waals surface area contributed by atoms with E-state index in [0.717, 1.165) is 16.8 Å². The minimum Gasteiger partial charge on any atom is -0.493 e. The second kappa shape index (κ2) is 12.5. The number of carbonyl (C=O) groups is 1. The molecule has 3 aromatic carbocycles. The SMILES string of the molecule is CCS(=O)(=O)c1ccc(-c2nn(-c3ccccc3)cc2/C=C2\SC(=S)N(CCc3ccc(OC)c(OC)c3)C2=O)cc1. The van der Waals surface area contributed by atoms with E-state index < -0.39 is 9.84 Å². The minimum atomic E-state index is -3.34. The molecule has 2 heterocycles. The van der Waals surface area contributed by atoms with Crippen LogP contribution in [0.2, 0.25) is 0 Å². The monoisotopic (exact) mass is 619 g/mol. The number of thiocarbonyl (C=S) groups is 1. The summed E-state index contributed by atoms with van der Waals surface area (Å²) in [4.78, 5) is 15.8. The van der Waals surface area contributed by atoms with E-state index in [0.29, 0.717) is 44.9 Å². The molecule has 0 atom stereocenters. The number of para-hydroxylation sites is 1. The van der Waals surface area contributed by atoms with Crippen molar-refractivity contribution in [3.8, 4) is 28.4 Å². The summed E-state index contributed by atoms with van der Waals surface area (Å²) in [7, 11) is -0.160. The number of thioether (sulfide) groups is 1. The van der Waals surface area contributed by atoms with Crippen LogP contribution in [0.3, 0.4) is 0 Å². The maximum Gasteiger partial charge on any atom is 0.266 e. The molecule has 1 aliphatic rings. The van der Waals surface area contributed by atoms with Crippen molar-refractivity contribution in [2.24, 2.45) is 0 Å². The Hall–Kier alpha value is -3.93. The molecule has 0 bridgehead atoms. The number of methoxy groups -OCH3 is 2. The lowest BCUT2D eigenvalue weighted by molar-refractivity contribution is -0.122. The van der Waals surface area contributed by atoms with E-state index in [4.69, 9.17) is 26.8 Å². The molecule has 8 nitrogen and oxygen atoms in total. The summed E-state index contributed by atoms with van der Waals surface area (Å²) >= 11 is 6.84. The van der Waals surface area contributed by atoms with Crippen LogP contribution in [-0.4, -0.2) is 59.8 Å². The Kier molecular flexibility index (Phi) is 8.81. The molecule has 5 rings (SSSR count). The minimum absolute atomic E-state index is 0.0219. The number of nitrogens with zero attached hydrogens (tertiary/aromatic N) is 3. The lowest BCUT2D eigenvalue weighted by Gasteiger charge is -2.15. The maximum absolute atomic E-state index is 13.5. The van der Waals surface area contributed by atoms with Crippen LogP contribution in [0.25, 0.3) is 23.0 Å². The lowest BCUT2D eigenvalue weighted by atomic mass is 10.1. The van der Waals surface area contributed by atoms with Crippen LogP contribution in [0.5, 0.6) is 11.5 Å². The first-order valence-corrected chi connectivity index (χ1v) is 16.1. The van der Waals surface area contributed by atoms with Crippen LogP contribution < -0.4 is 9.47 Å². The zero-order valence-corrected chi connectivity index (χ0v) is 25.8. The Balaban J connectivity index is 1.44. The summed E-state index contributed by atoms with van der Waals surface area (Å²) in [5.74, 6) is 1.12. The number of carbonyl (C=O) groups excluding carboxylic acids is 1. The van der Waals surface area contributed by atoms with Gasteiger partial charge >= 0.3 is 0 Å². The van der Waals surface area contributed by atoms with Gasteiger partial charge in [0.05, 0.1) is 41.2 Å². The molecule has 0 aliphatic carbocycles. The lowest BCUT2D eigenvalue weighted by Crippen LogP contribution is -2.30. The quantitative estimate of drug-likeness (QED) is 0.163. The smallest absolute Gasteiger partial charge is 0.266 e. The fourth-order valence-corrected chi connectivity index (χ4v) is 6.71. The topological polar surface area (TPSA) is 90.7 Å². The van der Waals surface area contributed by atoms with Crippen LogP contribution in [0.15, 0.2) is 88.8 Å². The molecule has 0 spiro atoms. The number of sulfone groups is 1. The molecule has 1 saturated heterocycles. The fourth-order valence-electron chi connectivity index (χ4n) is 4.53. The Morgan fingerprint density at radius 3 is 2.36 bits per heavy atom. The molecular weight excluding hydrogens is 591 g/mol. The molecule has 4 aromatic rings. The van der Waals surface area contributed by atoms with Gasteiger partial charge in [-0.3, -0.25) is 9.69 Å². The van der Waals surface area contributed by atoms with Crippen LogP contribution >= 0.6 is 24.0 Å². The number of ether oxygens (including phenoxy) is 2. The number of hydrogen-bond acceptors (Lipinski definition) is 8. The summed E-state index contributed by atoms with van der Waals surface area (Å²) < 4.78 is 37.6. The van der Waals surface area contributed by atoms with Gasteiger partial charge in [-0.1, -0.05) is 67.3 Å². The summed E-state index contributed by atoms with van der Waals surface area (Å²) in [5.41, 5.74) is 3.91. The van der Waals surface area contributed by atoms with E-state index in [1.807, 2.05) is 54.7 Å². The van der Waals surface area contributed by atoms with Crippen LogP contribution in [0.4, 0.5) is 0 Å². The summed E-state index contributed by atoms with van der Waals surface area (Å²) in [6.45, 7) is 2.04. The highest BCUT2D eigenvalue weighted by molar-refractivity contribution is 8.26. The van der Waals surface area contributed by atoms with E-state index in [-0.39, 0.29) is 16.6 Å². The van der Waals surface area contributed by atoms with E-state index in [9.17, 15) is 13.2 Å². The van der Waals surface area contributed by atoms with E-state index in [1.165, 1.54) is 11.8 Å². The summed E-state index contributed by atoms with van der Waals surface area (Å²) in [5, 5.41) is 4.81. The van der Waals surface area contributed by atoms with Crippen molar-refractivity contribution in [1.29, 1.82) is 0 Å². The van der Waals surface area contributed by atoms with Crippen molar-refractivity contribution in [3.05, 3.63) is 95.0 Å². The Morgan fingerprint density at radius 2 is 1.69 bits per heavy atom. The molecule has 0 unspecified atom stereocenters. The molecule has 1 fully saturated rings. The van der Waals surface area contributed by atoms with E-state index in [2.05, 4.69) is 0 Å². The molecule has 1 amide bonds. The number of hydrogen-bond donors (Lipinski definition) is 0. The number of amides is 1. The van der Waals surface area contributed by atoms with Crippen molar-refractivity contribution in [2.75, 3.05) is 26.5 Å². The molecule has 1 aromatic heterocycles. The van der Waals surface area contributed by atoms with Crippen molar-refractivity contribution in [3.63, 3.8) is 0 Å². The molecule has 0 N–H and O–H groups in total. The highest BCUT2D eigenvalue weighted by Crippen LogP contribution is 2.35. The van der Waals surface area contributed by atoms with Gasteiger partial charge in [0, 0.05) is 23.9 Å².